The molecule has 0 fully saturated rings. The molecule has 1 N–H and O–H groups in total. The zero-order valence-electron chi connectivity index (χ0n) is 14.1. The third-order valence-electron chi connectivity index (χ3n) is 3.84. The highest BCUT2D eigenvalue weighted by atomic mass is 16.7. The normalized spacial score (nSPS) is 13.2. The Bertz CT molecular complexity index is 785. The second-order valence-electron chi connectivity index (χ2n) is 5.65. The number of hydrogen-bond acceptors (Lipinski definition) is 5. The van der Waals surface area contributed by atoms with Crippen LogP contribution in [0.4, 0.5) is 5.69 Å². The number of fused-ring (bicyclic) bond motifs is 1. The summed E-state index contributed by atoms with van der Waals surface area (Å²) in [5.41, 5.74) is 1.21. The topological polar surface area (TPSA) is 73.9 Å². The van der Waals surface area contributed by atoms with Gasteiger partial charge in [-0.3, -0.25) is 9.59 Å². The zero-order valence-corrected chi connectivity index (χ0v) is 14.1. The number of Topliss-reactive ketones (excluding diaryl/α,β-unsaturated/α-hetero) is 1. The van der Waals surface area contributed by atoms with Gasteiger partial charge in [-0.05, 0) is 49.7 Å². The Hall–Kier alpha value is -3.02. The second-order valence-corrected chi connectivity index (χ2v) is 5.65. The molecule has 1 atom stereocenters. The van der Waals surface area contributed by atoms with Crippen molar-refractivity contribution < 1.29 is 23.8 Å². The summed E-state index contributed by atoms with van der Waals surface area (Å²) in [5.74, 6) is 1.53. The average Bonchev–Trinajstić information content (AvgIpc) is 3.07. The number of nitrogens with one attached hydrogen (secondary N) is 1. The largest absolute Gasteiger partial charge is 0.480 e. The highest BCUT2D eigenvalue weighted by molar-refractivity contribution is 5.96. The van der Waals surface area contributed by atoms with Crippen LogP contribution >= 0.6 is 0 Å². The van der Waals surface area contributed by atoms with Crippen LogP contribution < -0.4 is 19.5 Å². The van der Waals surface area contributed by atoms with E-state index in [0.717, 1.165) is 0 Å². The molecule has 1 unspecified atom stereocenters. The van der Waals surface area contributed by atoms with Crippen LogP contribution in [-0.4, -0.2) is 24.6 Å². The minimum atomic E-state index is -0.646. The van der Waals surface area contributed by atoms with Gasteiger partial charge in [0.1, 0.15) is 5.75 Å². The number of ether oxygens (including phenoxy) is 3. The Balaban J connectivity index is 1.65. The molecule has 0 saturated carbocycles. The first-order valence-electron chi connectivity index (χ1n) is 8.05. The van der Waals surface area contributed by atoms with E-state index < -0.39 is 6.10 Å². The fourth-order valence-corrected chi connectivity index (χ4v) is 2.45. The van der Waals surface area contributed by atoms with E-state index in [1.165, 1.54) is 6.92 Å². The molecule has 1 aliphatic rings. The van der Waals surface area contributed by atoms with Crippen LogP contribution in [0.5, 0.6) is 17.2 Å². The highest BCUT2D eigenvalue weighted by Crippen LogP contribution is 2.35. The lowest BCUT2D eigenvalue weighted by Gasteiger charge is -2.17. The van der Waals surface area contributed by atoms with E-state index in [1.807, 2.05) is 6.92 Å². The van der Waals surface area contributed by atoms with Crippen molar-refractivity contribution in [2.45, 2.75) is 26.4 Å². The van der Waals surface area contributed by atoms with Crippen LogP contribution in [0.25, 0.3) is 0 Å². The number of carbonyl (C=O) groups is 2. The highest BCUT2D eigenvalue weighted by Gasteiger charge is 2.20. The molecular weight excluding hydrogens is 322 g/mol. The molecule has 0 radical (unpaired) electrons. The summed E-state index contributed by atoms with van der Waals surface area (Å²) in [6, 6.07) is 12.0. The quantitative estimate of drug-likeness (QED) is 0.815. The van der Waals surface area contributed by atoms with Crippen LogP contribution in [0.1, 0.15) is 30.6 Å². The van der Waals surface area contributed by atoms with Gasteiger partial charge in [-0.25, -0.2) is 0 Å². The van der Waals surface area contributed by atoms with Crippen molar-refractivity contribution in [3.63, 3.8) is 0 Å². The average molecular weight is 341 g/mol. The van der Waals surface area contributed by atoms with Gasteiger partial charge in [0.2, 0.25) is 6.79 Å². The van der Waals surface area contributed by atoms with Crippen molar-refractivity contribution in [2.75, 3.05) is 12.1 Å². The fourth-order valence-electron chi connectivity index (χ4n) is 2.45. The Morgan fingerprint density at radius 3 is 2.52 bits per heavy atom. The van der Waals surface area contributed by atoms with Gasteiger partial charge in [0.15, 0.2) is 23.4 Å². The van der Waals surface area contributed by atoms with E-state index in [9.17, 15) is 9.59 Å². The van der Waals surface area contributed by atoms with E-state index in [1.54, 1.807) is 42.5 Å². The minimum absolute atomic E-state index is 0.0181. The van der Waals surface area contributed by atoms with Crippen molar-refractivity contribution in [1.29, 1.82) is 0 Å². The van der Waals surface area contributed by atoms with E-state index in [0.29, 0.717) is 34.9 Å². The predicted octanol–water partition coefficient (Wildman–Crippen LogP) is 3.41. The van der Waals surface area contributed by atoms with Gasteiger partial charge in [0.05, 0.1) is 0 Å². The van der Waals surface area contributed by atoms with Gasteiger partial charge >= 0.3 is 0 Å². The maximum atomic E-state index is 12.4. The monoisotopic (exact) mass is 341 g/mol. The van der Waals surface area contributed by atoms with Crippen LogP contribution in [0, 0.1) is 0 Å². The van der Waals surface area contributed by atoms with Crippen molar-refractivity contribution in [3.05, 3.63) is 48.0 Å². The van der Waals surface area contributed by atoms with Gasteiger partial charge in [-0.2, -0.15) is 0 Å². The number of anilines is 1. The van der Waals surface area contributed by atoms with E-state index in [4.69, 9.17) is 14.2 Å². The van der Waals surface area contributed by atoms with Crippen molar-refractivity contribution in [1.82, 2.24) is 0 Å². The lowest BCUT2D eigenvalue weighted by atomic mass is 10.1. The Labute approximate surface area is 145 Å². The maximum Gasteiger partial charge on any atom is 0.265 e. The zero-order chi connectivity index (χ0) is 17.8. The van der Waals surface area contributed by atoms with Gasteiger partial charge in [-0.15, -0.1) is 0 Å². The molecule has 2 aromatic carbocycles. The van der Waals surface area contributed by atoms with Gasteiger partial charge in [-0.1, -0.05) is 6.92 Å². The standard InChI is InChI=1S/C19H19NO5/c1-3-16(25-15-8-9-17-18(10-15)24-11-23-17)19(22)20-14-6-4-13(5-7-14)12(2)21/h4-10,16H,3,11H2,1-2H3,(H,20,22). The molecule has 2 aromatic rings. The van der Waals surface area contributed by atoms with Gasteiger partial charge < -0.3 is 19.5 Å². The van der Waals surface area contributed by atoms with Crippen molar-refractivity contribution in [2.24, 2.45) is 0 Å². The molecular formula is C19H19NO5. The molecule has 0 aromatic heterocycles. The lowest BCUT2D eigenvalue weighted by molar-refractivity contribution is -0.122. The Morgan fingerprint density at radius 2 is 1.84 bits per heavy atom. The van der Waals surface area contributed by atoms with Gasteiger partial charge in [0.25, 0.3) is 5.91 Å². The van der Waals surface area contributed by atoms with Crippen LogP contribution in [-0.2, 0) is 4.79 Å². The third-order valence-corrected chi connectivity index (χ3v) is 3.84. The SMILES string of the molecule is CCC(Oc1ccc2c(c1)OCO2)C(=O)Nc1ccc(C(C)=O)cc1. The van der Waals surface area contributed by atoms with Crippen LogP contribution in [0.2, 0.25) is 0 Å². The number of ketones is 1. The fraction of sp³-hybridized carbons (Fsp3) is 0.263. The van der Waals surface area contributed by atoms with Crippen molar-refractivity contribution >= 4 is 17.4 Å². The number of amides is 1. The molecule has 6 nitrogen and oxygen atoms in total. The van der Waals surface area contributed by atoms with E-state index >= 15 is 0 Å². The molecule has 0 saturated heterocycles. The smallest absolute Gasteiger partial charge is 0.265 e. The molecule has 1 heterocycles. The summed E-state index contributed by atoms with van der Waals surface area (Å²) in [5, 5.41) is 2.80. The van der Waals surface area contributed by atoms with Gasteiger partial charge in [0, 0.05) is 17.3 Å². The first-order valence-corrected chi connectivity index (χ1v) is 8.05. The molecule has 0 aliphatic carbocycles. The molecule has 3 rings (SSSR count). The molecule has 130 valence electrons. The summed E-state index contributed by atoms with van der Waals surface area (Å²) >= 11 is 0. The Morgan fingerprint density at radius 1 is 1.12 bits per heavy atom. The first-order chi connectivity index (χ1) is 12.1. The molecule has 1 aliphatic heterocycles. The number of hydrogen-bond donors (Lipinski definition) is 1. The third kappa shape index (κ3) is 3.91. The summed E-state index contributed by atoms with van der Waals surface area (Å²) in [7, 11) is 0. The first kappa shape index (κ1) is 16.8. The molecule has 6 heteroatoms. The summed E-state index contributed by atoms with van der Waals surface area (Å²) < 4.78 is 16.4. The maximum absolute atomic E-state index is 12.4. The number of rotatable bonds is 6. The molecule has 0 bridgehead atoms. The minimum Gasteiger partial charge on any atom is -0.480 e. The number of benzene rings is 2. The van der Waals surface area contributed by atoms with E-state index in [2.05, 4.69) is 5.32 Å². The summed E-state index contributed by atoms with van der Waals surface area (Å²) in [6.07, 6.45) is -0.140. The predicted molar refractivity (Wildman–Crippen MR) is 92.3 cm³/mol. The summed E-state index contributed by atoms with van der Waals surface area (Å²) in [6.45, 7) is 3.56. The van der Waals surface area contributed by atoms with Crippen LogP contribution in [0.3, 0.4) is 0 Å². The Kier molecular flexibility index (Phi) is 4.88. The van der Waals surface area contributed by atoms with Crippen molar-refractivity contribution in [3.8, 4) is 17.2 Å². The molecule has 1 amide bonds. The molecule has 25 heavy (non-hydrogen) atoms. The second kappa shape index (κ2) is 7.25. The number of carbonyl (C=O) groups excluding carboxylic acids is 2. The van der Waals surface area contributed by atoms with Crippen LogP contribution in [0.15, 0.2) is 42.5 Å². The lowest BCUT2D eigenvalue weighted by Crippen LogP contribution is -2.32. The molecule has 0 spiro atoms. The summed E-state index contributed by atoms with van der Waals surface area (Å²) in [4.78, 5) is 23.7. The van der Waals surface area contributed by atoms with E-state index in [-0.39, 0.29) is 18.5 Å².